The third-order valence-electron chi connectivity index (χ3n) is 4.98. The van der Waals surface area contributed by atoms with Crippen molar-refractivity contribution in [1.82, 2.24) is 4.90 Å². The summed E-state index contributed by atoms with van der Waals surface area (Å²) in [5.41, 5.74) is 1.93. The monoisotopic (exact) mass is 415 g/mol. The fourth-order valence-electron chi connectivity index (χ4n) is 3.41. The van der Waals surface area contributed by atoms with Crippen molar-refractivity contribution in [2.75, 3.05) is 18.1 Å². The molecule has 0 bridgehead atoms. The van der Waals surface area contributed by atoms with Gasteiger partial charge in [0.05, 0.1) is 11.5 Å². The molecule has 0 unspecified atom stereocenters. The fraction of sp³-hybridized carbons (Fsp3) is 0.364. The van der Waals surface area contributed by atoms with Crippen LogP contribution in [-0.2, 0) is 37.1 Å². The van der Waals surface area contributed by atoms with Crippen LogP contribution in [0.5, 0.6) is 0 Å². The van der Waals surface area contributed by atoms with E-state index in [0.29, 0.717) is 19.4 Å². The molecule has 154 valence electrons. The molecule has 1 aliphatic rings. The minimum Gasteiger partial charge on any atom is -0.456 e. The molecular formula is C22H25NO5S. The highest BCUT2D eigenvalue weighted by Crippen LogP contribution is 2.20. The molecule has 1 atom stereocenters. The zero-order chi connectivity index (χ0) is 20.7. The highest BCUT2D eigenvalue weighted by atomic mass is 32.2. The zero-order valence-corrected chi connectivity index (χ0v) is 17.0. The number of benzene rings is 2. The van der Waals surface area contributed by atoms with Gasteiger partial charge in [-0.25, -0.2) is 8.42 Å². The molecule has 6 nitrogen and oxygen atoms in total. The molecule has 2 aromatic rings. The smallest absolute Gasteiger partial charge is 0.306 e. The molecule has 1 heterocycles. The molecule has 1 amide bonds. The Bertz CT molecular complexity index is 928. The number of carbonyl (C=O) groups is 2. The Morgan fingerprint density at radius 2 is 1.59 bits per heavy atom. The van der Waals surface area contributed by atoms with Crippen molar-refractivity contribution in [3.05, 3.63) is 71.8 Å². The average Bonchev–Trinajstić information content (AvgIpc) is 3.09. The fourth-order valence-corrected chi connectivity index (χ4v) is 5.14. The number of esters is 1. The van der Waals surface area contributed by atoms with Gasteiger partial charge < -0.3 is 9.64 Å². The largest absolute Gasteiger partial charge is 0.456 e. The maximum Gasteiger partial charge on any atom is 0.306 e. The summed E-state index contributed by atoms with van der Waals surface area (Å²) in [6.45, 7) is -0.0849. The highest BCUT2D eigenvalue weighted by Gasteiger charge is 2.34. The lowest BCUT2D eigenvalue weighted by Crippen LogP contribution is -2.42. The van der Waals surface area contributed by atoms with Gasteiger partial charge in [0.2, 0.25) is 0 Å². The Morgan fingerprint density at radius 1 is 0.966 bits per heavy atom. The molecule has 0 saturated carbocycles. The van der Waals surface area contributed by atoms with Gasteiger partial charge in [0, 0.05) is 19.0 Å². The van der Waals surface area contributed by atoms with E-state index in [4.69, 9.17) is 4.74 Å². The van der Waals surface area contributed by atoms with Crippen molar-refractivity contribution in [3.8, 4) is 0 Å². The van der Waals surface area contributed by atoms with E-state index in [9.17, 15) is 18.0 Å². The summed E-state index contributed by atoms with van der Waals surface area (Å²) in [4.78, 5) is 26.3. The third kappa shape index (κ3) is 6.42. The Hall–Kier alpha value is -2.67. The number of ether oxygens (including phenoxy) is 1. The molecule has 3 rings (SSSR count). The van der Waals surface area contributed by atoms with E-state index < -0.39 is 21.8 Å². The van der Waals surface area contributed by atoms with Gasteiger partial charge in [0.25, 0.3) is 5.91 Å². The minimum atomic E-state index is -3.14. The maximum atomic E-state index is 12.8. The first-order chi connectivity index (χ1) is 13.9. The van der Waals surface area contributed by atoms with Gasteiger partial charge in [-0.2, -0.15) is 0 Å². The van der Waals surface area contributed by atoms with Crippen LogP contribution in [0.1, 0.15) is 24.0 Å². The third-order valence-corrected chi connectivity index (χ3v) is 6.73. The Balaban J connectivity index is 1.58. The molecule has 1 aliphatic heterocycles. The highest BCUT2D eigenvalue weighted by molar-refractivity contribution is 7.91. The second-order valence-electron chi connectivity index (χ2n) is 7.21. The first-order valence-electron chi connectivity index (χ1n) is 9.66. The normalized spacial score (nSPS) is 17.6. The summed E-state index contributed by atoms with van der Waals surface area (Å²) >= 11 is 0. The lowest BCUT2D eigenvalue weighted by atomic mass is 10.1. The van der Waals surface area contributed by atoms with Gasteiger partial charge in [0.15, 0.2) is 16.4 Å². The van der Waals surface area contributed by atoms with E-state index >= 15 is 0 Å². The molecule has 1 saturated heterocycles. The van der Waals surface area contributed by atoms with Crippen LogP contribution in [0.4, 0.5) is 0 Å². The van der Waals surface area contributed by atoms with Crippen molar-refractivity contribution in [2.45, 2.75) is 31.8 Å². The molecule has 0 spiro atoms. The number of carbonyl (C=O) groups excluding carboxylic acids is 2. The van der Waals surface area contributed by atoms with Crippen LogP contribution in [-0.4, -0.2) is 49.3 Å². The first-order valence-corrected chi connectivity index (χ1v) is 11.5. The van der Waals surface area contributed by atoms with E-state index in [1.807, 2.05) is 60.7 Å². The molecule has 1 fully saturated rings. The predicted molar refractivity (Wildman–Crippen MR) is 110 cm³/mol. The first kappa shape index (κ1) is 21.0. The molecular weight excluding hydrogens is 390 g/mol. The number of rotatable bonds is 8. The minimum absolute atomic E-state index is 0.0481. The predicted octanol–water partition coefficient (Wildman–Crippen LogP) is 2.38. The van der Waals surface area contributed by atoms with Gasteiger partial charge in [-0.05, 0) is 24.0 Å². The standard InChI is InChI=1S/C22H25NO5S/c24-21(16-28-22(25)12-11-18-7-3-1-4-8-18)23(15-19-9-5-2-6-10-19)20-13-14-29(26,27)17-20/h1-10,20H,11-17H2/t20-/m0/s1. The summed E-state index contributed by atoms with van der Waals surface area (Å²) in [7, 11) is -3.14. The number of hydrogen-bond donors (Lipinski definition) is 0. The van der Waals surface area contributed by atoms with Gasteiger partial charge >= 0.3 is 5.97 Å². The Kier molecular flexibility index (Phi) is 7.04. The molecule has 0 aliphatic carbocycles. The summed E-state index contributed by atoms with van der Waals surface area (Å²) in [6.07, 6.45) is 1.14. The average molecular weight is 416 g/mol. The topological polar surface area (TPSA) is 80.8 Å². The maximum absolute atomic E-state index is 12.8. The van der Waals surface area contributed by atoms with Crippen LogP contribution < -0.4 is 0 Å². The molecule has 2 aromatic carbocycles. The van der Waals surface area contributed by atoms with E-state index in [1.54, 1.807) is 0 Å². The Labute approximate surface area is 171 Å². The van der Waals surface area contributed by atoms with Crippen LogP contribution in [0.25, 0.3) is 0 Å². The summed E-state index contributed by atoms with van der Waals surface area (Å²) < 4.78 is 28.9. The van der Waals surface area contributed by atoms with Crippen molar-refractivity contribution >= 4 is 21.7 Å². The van der Waals surface area contributed by atoms with Crippen LogP contribution in [0.2, 0.25) is 0 Å². The Morgan fingerprint density at radius 3 is 2.17 bits per heavy atom. The summed E-state index contributed by atoms with van der Waals surface area (Å²) in [5.74, 6) is -0.786. The van der Waals surface area contributed by atoms with Crippen molar-refractivity contribution in [1.29, 1.82) is 0 Å². The van der Waals surface area contributed by atoms with E-state index in [2.05, 4.69) is 0 Å². The molecule has 0 radical (unpaired) electrons. The van der Waals surface area contributed by atoms with Crippen molar-refractivity contribution in [2.24, 2.45) is 0 Å². The number of sulfone groups is 1. The van der Waals surface area contributed by atoms with Crippen LogP contribution in [0.3, 0.4) is 0 Å². The van der Waals surface area contributed by atoms with E-state index in [0.717, 1.165) is 11.1 Å². The summed E-state index contributed by atoms with van der Waals surface area (Å²) in [5, 5.41) is 0. The van der Waals surface area contributed by atoms with Gasteiger partial charge in [-0.1, -0.05) is 60.7 Å². The number of amides is 1. The van der Waals surface area contributed by atoms with Gasteiger partial charge in [-0.15, -0.1) is 0 Å². The number of aryl methyl sites for hydroxylation is 1. The van der Waals surface area contributed by atoms with Crippen LogP contribution >= 0.6 is 0 Å². The lowest BCUT2D eigenvalue weighted by Gasteiger charge is -2.28. The second kappa shape index (κ2) is 9.69. The van der Waals surface area contributed by atoms with Crippen molar-refractivity contribution in [3.63, 3.8) is 0 Å². The quantitative estimate of drug-likeness (QED) is 0.619. The molecule has 7 heteroatoms. The SMILES string of the molecule is O=C(CCc1ccccc1)OCC(=O)N(Cc1ccccc1)[C@H]1CCS(=O)(=O)C1. The lowest BCUT2D eigenvalue weighted by molar-refractivity contribution is -0.153. The van der Waals surface area contributed by atoms with Crippen LogP contribution in [0, 0.1) is 0 Å². The molecule has 0 N–H and O–H groups in total. The van der Waals surface area contributed by atoms with E-state index in [1.165, 1.54) is 4.90 Å². The van der Waals surface area contributed by atoms with Gasteiger partial charge in [-0.3, -0.25) is 9.59 Å². The van der Waals surface area contributed by atoms with Crippen LogP contribution in [0.15, 0.2) is 60.7 Å². The van der Waals surface area contributed by atoms with E-state index in [-0.39, 0.29) is 30.4 Å². The number of nitrogens with zero attached hydrogens (tertiary/aromatic N) is 1. The second-order valence-corrected chi connectivity index (χ2v) is 9.44. The zero-order valence-electron chi connectivity index (χ0n) is 16.2. The van der Waals surface area contributed by atoms with Gasteiger partial charge in [0.1, 0.15) is 0 Å². The summed E-state index contributed by atoms with van der Waals surface area (Å²) in [6, 6.07) is 18.6. The molecule has 29 heavy (non-hydrogen) atoms. The molecule has 0 aromatic heterocycles. The van der Waals surface area contributed by atoms with Crippen molar-refractivity contribution < 1.29 is 22.7 Å². The number of hydrogen-bond acceptors (Lipinski definition) is 5.